The van der Waals surface area contributed by atoms with Gasteiger partial charge in [0.15, 0.2) is 6.61 Å². The van der Waals surface area contributed by atoms with Gasteiger partial charge in [0.2, 0.25) is 0 Å². The van der Waals surface area contributed by atoms with Crippen molar-refractivity contribution < 1.29 is 29.0 Å². The quantitative estimate of drug-likeness (QED) is 0.279. The molecule has 0 heterocycles. The van der Waals surface area contributed by atoms with E-state index in [-0.39, 0.29) is 0 Å². The van der Waals surface area contributed by atoms with Gasteiger partial charge in [-0.2, -0.15) is 0 Å². The molecule has 3 aromatic carbocycles. The number of anilines is 2. The fourth-order valence-corrected chi connectivity index (χ4v) is 3.29. The van der Waals surface area contributed by atoms with E-state index in [4.69, 9.17) is 9.84 Å². The van der Waals surface area contributed by atoms with Gasteiger partial charge in [-0.25, -0.2) is 9.59 Å². The first-order valence-electron chi connectivity index (χ1n) is 11.4. The van der Waals surface area contributed by atoms with Crippen LogP contribution >= 0.6 is 0 Å². The highest BCUT2D eigenvalue weighted by Gasteiger charge is 2.24. The third kappa shape index (κ3) is 8.10. The number of aryl methyl sites for hydroxylation is 1. The second kappa shape index (κ2) is 11.7. The Hall–Kier alpha value is -4.86. The number of carboxylic acids is 1. The van der Waals surface area contributed by atoms with Gasteiger partial charge in [-0.15, -0.1) is 0 Å². The Bertz CT molecular complexity index is 1290. The number of nitrogens with one attached hydrogen (secondary N) is 4. The zero-order chi connectivity index (χ0) is 27.0. The highest BCUT2D eigenvalue weighted by molar-refractivity contribution is 6.01. The second-order valence-corrected chi connectivity index (χ2v) is 8.71. The molecule has 10 heteroatoms. The third-order valence-corrected chi connectivity index (χ3v) is 5.13. The molecule has 0 bridgehead atoms. The van der Waals surface area contributed by atoms with Crippen LogP contribution < -0.4 is 26.0 Å². The Morgan fingerprint density at radius 1 is 0.784 bits per heavy atom. The number of benzene rings is 3. The van der Waals surface area contributed by atoms with Crippen LogP contribution in [0.3, 0.4) is 0 Å². The van der Waals surface area contributed by atoms with Crippen LogP contribution in [0.15, 0.2) is 72.8 Å². The number of carbonyl (C=O) groups excluding carboxylic acids is 3. The van der Waals surface area contributed by atoms with Gasteiger partial charge in [0, 0.05) is 22.5 Å². The SMILES string of the molecule is Cc1ccccc1NC(=O)Nc1ccc(C(=O)NC(C)(C)NC(=O)c2ccc(OCC(=O)O)cc2)cc1. The number of rotatable bonds is 9. The van der Waals surface area contributed by atoms with Crippen LogP contribution in [0.4, 0.5) is 16.2 Å². The van der Waals surface area contributed by atoms with Crippen molar-refractivity contribution in [2.24, 2.45) is 0 Å². The first kappa shape index (κ1) is 26.7. The smallest absolute Gasteiger partial charge is 0.341 e. The number of urea groups is 1. The molecule has 5 N–H and O–H groups in total. The van der Waals surface area contributed by atoms with E-state index in [1.807, 2.05) is 25.1 Å². The topological polar surface area (TPSA) is 146 Å². The summed E-state index contributed by atoms with van der Waals surface area (Å²) >= 11 is 0. The summed E-state index contributed by atoms with van der Waals surface area (Å²) in [4.78, 5) is 48.2. The number of carbonyl (C=O) groups is 4. The molecule has 0 unspecified atom stereocenters. The van der Waals surface area contributed by atoms with Gasteiger partial charge in [0.25, 0.3) is 11.8 Å². The van der Waals surface area contributed by atoms with Crippen LogP contribution in [0.1, 0.15) is 40.1 Å². The Balaban J connectivity index is 1.53. The van der Waals surface area contributed by atoms with Crippen LogP contribution in [0.2, 0.25) is 0 Å². The number of carboxylic acid groups (broad SMARTS) is 1. The molecule has 0 spiro atoms. The Morgan fingerprint density at radius 2 is 1.32 bits per heavy atom. The molecule has 0 aliphatic heterocycles. The molecule has 0 saturated carbocycles. The van der Waals surface area contributed by atoms with E-state index in [1.54, 1.807) is 44.2 Å². The fourth-order valence-electron chi connectivity index (χ4n) is 3.29. The lowest BCUT2D eigenvalue weighted by molar-refractivity contribution is -0.139. The molecule has 10 nitrogen and oxygen atoms in total. The van der Waals surface area contributed by atoms with Crippen molar-refractivity contribution in [3.05, 3.63) is 89.5 Å². The Morgan fingerprint density at radius 3 is 1.86 bits per heavy atom. The maximum atomic E-state index is 12.7. The zero-order valence-electron chi connectivity index (χ0n) is 20.6. The Labute approximate surface area is 214 Å². The molecule has 0 atom stereocenters. The van der Waals surface area contributed by atoms with Crippen molar-refractivity contribution in [1.82, 2.24) is 10.6 Å². The van der Waals surface area contributed by atoms with Crippen molar-refractivity contribution in [3.8, 4) is 5.75 Å². The monoisotopic (exact) mass is 504 g/mol. The lowest BCUT2D eigenvalue weighted by Crippen LogP contribution is -2.56. The summed E-state index contributed by atoms with van der Waals surface area (Å²) in [5.41, 5.74) is 1.70. The predicted molar refractivity (Wildman–Crippen MR) is 139 cm³/mol. The van der Waals surface area contributed by atoms with E-state index >= 15 is 0 Å². The number of amides is 4. The average Bonchev–Trinajstić information content (AvgIpc) is 2.84. The summed E-state index contributed by atoms with van der Waals surface area (Å²) in [6.45, 7) is 4.68. The minimum absolute atomic E-state index is 0.310. The van der Waals surface area contributed by atoms with Gasteiger partial charge < -0.3 is 31.1 Å². The fraction of sp³-hybridized carbons (Fsp3) is 0.185. The summed E-state index contributed by atoms with van der Waals surface area (Å²) in [6, 6.07) is 19.3. The van der Waals surface area contributed by atoms with Crippen molar-refractivity contribution >= 4 is 35.2 Å². The van der Waals surface area contributed by atoms with Crippen molar-refractivity contribution in [1.29, 1.82) is 0 Å². The zero-order valence-corrected chi connectivity index (χ0v) is 20.6. The molecule has 192 valence electrons. The van der Waals surface area contributed by atoms with E-state index in [9.17, 15) is 19.2 Å². The number of aliphatic carboxylic acids is 1. The first-order valence-corrected chi connectivity index (χ1v) is 11.4. The highest BCUT2D eigenvalue weighted by Crippen LogP contribution is 2.16. The summed E-state index contributed by atoms with van der Waals surface area (Å²) in [5, 5.41) is 19.6. The molecular weight excluding hydrogens is 476 g/mol. The van der Waals surface area contributed by atoms with Gasteiger partial charge in [-0.1, -0.05) is 18.2 Å². The molecule has 4 amide bonds. The molecule has 0 fully saturated rings. The molecule has 3 aromatic rings. The van der Waals surface area contributed by atoms with Crippen molar-refractivity contribution in [2.75, 3.05) is 17.2 Å². The van der Waals surface area contributed by atoms with Gasteiger partial charge in [-0.05, 0) is 80.9 Å². The van der Waals surface area contributed by atoms with Gasteiger partial charge in [0.05, 0.1) is 0 Å². The molecule has 0 radical (unpaired) electrons. The largest absolute Gasteiger partial charge is 0.482 e. The maximum absolute atomic E-state index is 12.7. The molecular formula is C27H28N4O6. The maximum Gasteiger partial charge on any atom is 0.341 e. The summed E-state index contributed by atoms with van der Waals surface area (Å²) in [5.74, 6) is -1.64. The summed E-state index contributed by atoms with van der Waals surface area (Å²) in [7, 11) is 0. The predicted octanol–water partition coefficient (Wildman–Crippen LogP) is 4.00. The summed E-state index contributed by atoms with van der Waals surface area (Å²) in [6.07, 6.45) is 0. The second-order valence-electron chi connectivity index (χ2n) is 8.71. The molecule has 37 heavy (non-hydrogen) atoms. The molecule has 3 rings (SSSR count). The van der Waals surface area contributed by atoms with E-state index in [1.165, 1.54) is 24.3 Å². The van der Waals surface area contributed by atoms with Crippen LogP contribution in [0.5, 0.6) is 5.75 Å². The molecule has 0 aromatic heterocycles. The minimum Gasteiger partial charge on any atom is -0.482 e. The van der Waals surface area contributed by atoms with Crippen LogP contribution in [-0.4, -0.2) is 41.2 Å². The van der Waals surface area contributed by atoms with E-state index in [0.29, 0.717) is 28.3 Å². The van der Waals surface area contributed by atoms with Gasteiger partial charge >= 0.3 is 12.0 Å². The number of para-hydroxylation sites is 1. The molecule has 0 aliphatic rings. The lowest BCUT2D eigenvalue weighted by Gasteiger charge is -2.28. The molecule has 0 aliphatic carbocycles. The third-order valence-electron chi connectivity index (χ3n) is 5.13. The normalized spacial score (nSPS) is 10.7. The average molecular weight is 505 g/mol. The van der Waals surface area contributed by atoms with Crippen LogP contribution in [-0.2, 0) is 4.79 Å². The number of hydrogen-bond donors (Lipinski definition) is 5. The van der Waals surface area contributed by atoms with E-state index in [0.717, 1.165) is 5.56 Å². The standard InChI is InChI=1S/C27H28N4O6/c1-17-6-4-5-7-22(17)29-26(36)28-20-12-8-18(9-13-20)24(34)30-27(2,3)31-25(35)19-10-14-21(15-11-19)37-16-23(32)33/h4-15H,16H2,1-3H3,(H,30,34)(H,31,35)(H,32,33)(H2,28,29,36). The van der Waals surface area contributed by atoms with Crippen LogP contribution in [0.25, 0.3) is 0 Å². The number of hydrogen-bond acceptors (Lipinski definition) is 5. The minimum atomic E-state index is -1.10. The van der Waals surface area contributed by atoms with Crippen molar-refractivity contribution in [2.45, 2.75) is 26.4 Å². The lowest BCUT2D eigenvalue weighted by atomic mass is 10.1. The number of ether oxygens (including phenoxy) is 1. The van der Waals surface area contributed by atoms with Crippen molar-refractivity contribution in [3.63, 3.8) is 0 Å². The first-order chi connectivity index (χ1) is 17.5. The van der Waals surface area contributed by atoms with Crippen LogP contribution in [0, 0.1) is 6.92 Å². The van der Waals surface area contributed by atoms with Gasteiger partial charge in [-0.3, -0.25) is 9.59 Å². The highest BCUT2D eigenvalue weighted by atomic mass is 16.5. The Kier molecular flexibility index (Phi) is 8.47. The van der Waals surface area contributed by atoms with E-state index in [2.05, 4.69) is 21.3 Å². The summed E-state index contributed by atoms with van der Waals surface area (Å²) < 4.78 is 5.05. The van der Waals surface area contributed by atoms with E-state index < -0.39 is 36.1 Å². The molecule has 0 saturated heterocycles. The van der Waals surface area contributed by atoms with Gasteiger partial charge in [0.1, 0.15) is 11.4 Å².